The lowest BCUT2D eigenvalue weighted by Crippen LogP contribution is -2.40. The largest absolute Gasteiger partial charge is 0.324 e. The van der Waals surface area contributed by atoms with E-state index in [1.807, 2.05) is 0 Å². The van der Waals surface area contributed by atoms with E-state index in [1.165, 1.54) is 30.3 Å². The van der Waals surface area contributed by atoms with E-state index in [-0.39, 0.29) is 28.3 Å². The van der Waals surface area contributed by atoms with E-state index in [0.717, 1.165) is 11.3 Å². The summed E-state index contributed by atoms with van der Waals surface area (Å²) in [7, 11) is 0. The van der Waals surface area contributed by atoms with E-state index in [1.54, 1.807) is 23.1 Å². The summed E-state index contributed by atoms with van der Waals surface area (Å²) < 4.78 is 27.4. The van der Waals surface area contributed by atoms with Crippen LogP contribution >= 0.6 is 11.3 Å². The third kappa shape index (κ3) is 4.85. The Morgan fingerprint density at radius 1 is 0.903 bits per heavy atom. The number of nitrogens with zero attached hydrogens (tertiary/aromatic N) is 3. The number of piperidine rings is 1. The molecule has 1 fully saturated rings. The van der Waals surface area contributed by atoms with Crippen molar-refractivity contribution in [2.45, 2.75) is 18.8 Å². The number of carbonyl (C=O) groups excluding carboxylic acids is 2. The van der Waals surface area contributed by atoms with Crippen molar-refractivity contribution in [2.75, 3.05) is 23.7 Å². The Morgan fingerprint density at radius 3 is 2.10 bits per heavy atom. The van der Waals surface area contributed by atoms with Crippen LogP contribution in [0.2, 0.25) is 0 Å². The Labute approximate surface area is 181 Å². The molecule has 7 nitrogen and oxygen atoms in total. The predicted molar refractivity (Wildman–Crippen MR) is 113 cm³/mol. The van der Waals surface area contributed by atoms with Crippen LogP contribution < -0.4 is 10.6 Å². The second-order valence-corrected chi connectivity index (χ2v) is 8.06. The van der Waals surface area contributed by atoms with E-state index < -0.39 is 17.5 Å². The summed E-state index contributed by atoms with van der Waals surface area (Å²) >= 11 is 1.16. The standard InChI is InChI=1S/C21H19F2N5O2S/c22-14-5-1-3-7-16(14)24-18(29)20-27-26-19(31-20)13-9-11-28(12-10-13)21(30)25-17-8-4-2-6-15(17)23/h1-8,13H,9-12H2,(H,24,29)(H,25,30). The van der Waals surface area contributed by atoms with Gasteiger partial charge < -0.3 is 15.5 Å². The second kappa shape index (κ2) is 9.17. The highest BCUT2D eigenvalue weighted by molar-refractivity contribution is 7.13. The Hall–Kier alpha value is -3.40. The number of likely N-dealkylation sites (tertiary alicyclic amines) is 1. The number of carbonyl (C=O) groups is 2. The van der Waals surface area contributed by atoms with Crippen molar-refractivity contribution >= 4 is 34.6 Å². The molecule has 1 aromatic heterocycles. The first-order chi connectivity index (χ1) is 15.0. The average Bonchev–Trinajstić information content (AvgIpc) is 3.27. The monoisotopic (exact) mass is 443 g/mol. The van der Waals surface area contributed by atoms with Gasteiger partial charge in [-0.25, -0.2) is 13.6 Å². The third-order valence-electron chi connectivity index (χ3n) is 5.00. The van der Waals surface area contributed by atoms with E-state index in [0.29, 0.717) is 30.9 Å². The van der Waals surface area contributed by atoms with Crippen molar-refractivity contribution < 1.29 is 18.4 Å². The summed E-state index contributed by atoms with van der Waals surface area (Å²) in [5, 5.41) is 14.0. The lowest BCUT2D eigenvalue weighted by atomic mass is 9.98. The first-order valence-corrected chi connectivity index (χ1v) is 10.5. The quantitative estimate of drug-likeness (QED) is 0.622. The molecular formula is C21H19F2N5O2S. The lowest BCUT2D eigenvalue weighted by Gasteiger charge is -2.31. The number of benzene rings is 2. The predicted octanol–water partition coefficient (Wildman–Crippen LogP) is 4.48. The van der Waals surface area contributed by atoms with Crippen LogP contribution in [0, 0.1) is 11.6 Å². The van der Waals surface area contributed by atoms with Gasteiger partial charge in [0.1, 0.15) is 16.6 Å². The molecule has 0 atom stereocenters. The van der Waals surface area contributed by atoms with Crippen LogP contribution in [0.25, 0.3) is 0 Å². The molecule has 1 saturated heterocycles. The Kier molecular flexibility index (Phi) is 6.17. The molecule has 4 rings (SSSR count). The summed E-state index contributed by atoms with van der Waals surface area (Å²) in [5.41, 5.74) is 0.225. The second-order valence-electron chi connectivity index (χ2n) is 7.05. The van der Waals surface area contributed by atoms with E-state index in [2.05, 4.69) is 20.8 Å². The van der Waals surface area contributed by atoms with Crippen LogP contribution in [0.1, 0.15) is 33.6 Å². The molecule has 160 valence electrons. The highest BCUT2D eigenvalue weighted by Crippen LogP contribution is 2.31. The molecule has 0 saturated carbocycles. The molecule has 31 heavy (non-hydrogen) atoms. The number of hydrogen-bond donors (Lipinski definition) is 2. The zero-order chi connectivity index (χ0) is 21.8. The van der Waals surface area contributed by atoms with Gasteiger partial charge in [-0.1, -0.05) is 35.6 Å². The molecule has 0 bridgehead atoms. The lowest BCUT2D eigenvalue weighted by molar-refractivity contribution is 0.102. The van der Waals surface area contributed by atoms with Crippen LogP contribution in [0.15, 0.2) is 48.5 Å². The summed E-state index contributed by atoms with van der Waals surface area (Å²) in [4.78, 5) is 26.4. The highest BCUT2D eigenvalue weighted by atomic mass is 32.1. The number of hydrogen-bond acceptors (Lipinski definition) is 5. The number of anilines is 2. The number of aromatic nitrogens is 2. The first-order valence-electron chi connectivity index (χ1n) is 9.71. The molecule has 3 aromatic rings. The molecule has 0 aliphatic carbocycles. The highest BCUT2D eigenvalue weighted by Gasteiger charge is 2.27. The maximum atomic E-state index is 13.7. The number of amides is 3. The molecular weight excluding hydrogens is 424 g/mol. The van der Waals surface area contributed by atoms with Gasteiger partial charge in [-0.2, -0.15) is 0 Å². The van der Waals surface area contributed by atoms with Crippen molar-refractivity contribution in [3.8, 4) is 0 Å². The van der Waals surface area contributed by atoms with Crippen LogP contribution in [-0.2, 0) is 0 Å². The van der Waals surface area contributed by atoms with Crippen molar-refractivity contribution in [1.82, 2.24) is 15.1 Å². The number of urea groups is 1. The molecule has 1 aliphatic heterocycles. The molecule has 0 unspecified atom stereocenters. The maximum Gasteiger partial charge on any atom is 0.321 e. The van der Waals surface area contributed by atoms with Gasteiger partial charge in [-0.3, -0.25) is 4.79 Å². The van der Waals surface area contributed by atoms with Crippen LogP contribution in [0.5, 0.6) is 0 Å². The number of para-hydroxylation sites is 2. The summed E-state index contributed by atoms with van der Waals surface area (Å²) in [6.07, 6.45) is 1.29. The Balaban J connectivity index is 1.33. The Morgan fingerprint density at radius 2 is 1.48 bits per heavy atom. The molecule has 0 radical (unpaired) electrons. The normalized spacial score (nSPS) is 14.3. The molecule has 2 N–H and O–H groups in total. The molecule has 0 spiro atoms. The smallest absolute Gasteiger partial charge is 0.321 e. The van der Waals surface area contributed by atoms with E-state index >= 15 is 0 Å². The minimum Gasteiger partial charge on any atom is -0.324 e. The Bertz CT molecular complexity index is 1100. The summed E-state index contributed by atoms with van der Waals surface area (Å²) in [6, 6.07) is 11.5. The van der Waals surface area contributed by atoms with Gasteiger partial charge in [0.05, 0.1) is 11.4 Å². The SMILES string of the molecule is O=C(Nc1ccccc1F)c1nnc(C2CCN(C(=O)Nc3ccccc3F)CC2)s1. The minimum absolute atomic E-state index is 0.0602. The van der Waals surface area contributed by atoms with Gasteiger partial charge in [0.15, 0.2) is 0 Å². The first kappa shape index (κ1) is 20.9. The fourth-order valence-electron chi connectivity index (χ4n) is 3.32. The molecule has 2 heterocycles. The molecule has 3 amide bonds. The molecule has 1 aliphatic rings. The topological polar surface area (TPSA) is 87.2 Å². The maximum absolute atomic E-state index is 13.7. The fourth-order valence-corrected chi connectivity index (χ4v) is 4.22. The summed E-state index contributed by atoms with van der Waals surface area (Å²) in [5.74, 6) is -1.47. The van der Waals surface area contributed by atoms with Crippen molar-refractivity contribution in [2.24, 2.45) is 0 Å². The van der Waals surface area contributed by atoms with Gasteiger partial charge in [-0.15, -0.1) is 10.2 Å². The fraction of sp³-hybridized carbons (Fsp3) is 0.238. The summed E-state index contributed by atoms with van der Waals surface area (Å²) in [6.45, 7) is 0.947. The van der Waals surface area contributed by atoms with Gasteiger partial charge in [0.25, 0.3) is 5.91 Å². The van der Waals surface area contributed by atoms with E-state index in [4.69, 9.17) is 0 Å². The van der Waals surface area contributed by atoms with Gasteiger partial charge in [-0.05, 0) is 37.1 Å². The number of halogens is 2. The van der Waals surface area contributed by atoms with E-state index in [9.17, 15) is 18.4 Å². The van der Waals surface area contributed by atoms with Gasteiger partial charge in [0.2, 0.25) is 5.01 Å². The molecule has 2 aromatic carbocycles. The molecule has 10 heteroatoms. The van der Waals surface area contributed by atoms with Gasteiger partial charge >= 0.3 is 6.03 Å². The van der Waals surface area contributed by atoms with Crippen LogP contribution in [0.4, 0.5) is 25.0 Å². The third-order valence-corrected chi connectivity index (χ3v) is 6.09. The van der Waals surface area contributed by atoms with Crippen molar-refractivity contribution in [3.63, 3.8) is 0 Å². The van der Waals surface area contributed by atoms with Crippen molar-refractivity contribution in [3.05, 3.63) is 70.2 Å². The number of nitrogens with one attached hydrogen (secondary N) is 2. The number of rotatable bonds is 4. The zero-order valence-corrected chi connectivity index (χ0v) is 17.2. The minimum atomic E-state index is -0.526. The zero-order valence-electron chi connectivity index (χ0n) is 16.3. The van der Waals surface area contributed by atoms with Gasteiger partial charge in [0, 0.05) is 19.0 Å². The van der Waals surface area contributed by atoms with Crippen LogP contribution in [-0.4, -0.2) is 40.1 Å². The van der Waals surface area contributed by atoms with Crippen LogP contribution in [0.3, 0.4) is 0 Å². The van der Waals surface area contributed by atoms with Crippen molar-refractivity contribution in [1.29, 1.82) is 0 Å². The average molecular weight is 443 g/mol.